The number of methoxy groups -OCH3 is 2. The van der Waals surface area contributed by atoms with E-state index in [0.717, 1.165) is 34.4 Å². The minimum atomic E-state index is 0.892. The summed E-state index contributed by atoms with van der Waals surface area (Å²) in [7, 11) is 3.47. The quantitative estimate of drug-likeness (QED) is 0.536. The highest BCUT2D eigenvalue weighted by atomic mass is 32.2. The van der Waals surface area contributed by atoms with E-state index in [-0.39, 0.29) is 0 Å². The molecule has 1 aliphatic heterocycles. The maximum atomic E-state index is 5.69. The second-order valence-corrected chi connectivity index (χ2v) is 7.88. The molecular weight excluding hydrogens is 348 g/mol. The lowest BCUT2D eigenvalue weighted by molar-refractivity contribution is 0.410. The van der Waals surface area contributed by atoms with Crippen molar-refractivity contribution in [1.29, 1.82) is 0 Å². The molecule has 0 saturated carbocycles. The molecule has 128 valence electrons. The van der Waals surface area contributed by atoms with Gasteiger partial charge >= 0.3 is 0 Å². The number of thioether (sulfide) groups is 2. The van der Waals surface area contributed by atoms with Crippen LogP contribution in [0.4, 0.5) is 0 Å². The van der Waals surface area contributed by atoms with E-state index in [0.29, 0.717) is 0 Å². The van der Waals surface area contributed by atoms with Crippen molar-refractivity contribution in [3.05, 3.63) is 48.0 Å². The summed E-state index contributed by atoms with van der Waals surface area (Å²) < 4.78 is 11.4. The fraction of sp³-hybridized carbons (Fsp3) is 0.238. The van der Waals surface area contributed by atoms with E-state index in [4.69, 9.17) is 9.47 Å². The summed E-state index contributed by atoms with van der Waals surface area (Å²) in [4.78, 5) is 2.66. The minimum absolute atomic E-state index is 0.892. The normalized spacial score (nSPS) is 13.1. The Hall–Kier alpha value is -1.78. The highest BCUT2D eigenvalue weighted by molar-refractivity contribution is 7.99. The van der Waals surface area contributed by atoms with Gasteiger partial charge in [-0.15, -0.1) is 23.5 Å². The fourth-order valence-corrected chi connectivity index (χ4v) is 5.51. The van der Waals surface area contributed by atoms with E-state index in [1.54, 1.807) is 26.0 Å². The van der Waals surface area contributed by atoms with Crippen molar-refractivity contribution < 1.29 is 9.47 Å². The average molecular weight is 369 g/mol. The van der Waals surface area contributed by atoms with E-state index in [2.05, 4.69) is 36.6 Å². The summed E-state index contributed by atoms with van der Waals surface area (Å²) in [5.74, 6) is 2.89. The van der Waals surface area contributed by atoms with Crippen LogP contribution in [0.2, 0.25) is 0 Å². The number of rotatable bonds is 3. The number of benzene rings is 3. The molecule has 1 aliphatic rings. The van der Waals surface area contributed by atoms with E-state index >= 15 is 0 Å². The van der Waals surface area contributed by atoms with Gasteiger partial charge in [0.15, 0.2) is 0 Å². The van der Waals surface area contributed by atoms with Crippen molar-refractivity contribution in [2.75, 3.05) is 26.2 Å². The molecule has 25 heavy (non-hydrogen) atoms. The van der Waals surface area contributed by atoms with Gasteiger partial charge in [0.2, 0.25) is 0 Å². The monoisotopic (exact) mass is 368 g/mol. The predicted molar refractivity (Wildman–Crippen MR) is 109 cm³/mol. The van der Waals surface area contributed by atoms with Crippen LogP contribution in [0.5, 0.6) is 11.5 Å². The minimum Gasteiger partial charge on any atom is -0.496 e. The van der Waals surface area contributed by atoms with E-state index < -0.39 is 0 Å². The lowest BCUT2D eigenvalue weighted by atomic mass is 9.93. The molecule has 0 unspecified atom stereocenters. The Bertz CT molecular complexity index is 950. The zero-order valence-corrected chi connectivity index (χ0v) is 16.2. The van der Waals surface area contributed by atoms with Crippen LogP contribution in [0.15, 0.2) is 52.3 Å². The maximum absolute atomic E-state index is 5.69. The molecule has 0 bridgehead atoms. The fourth-order valence-electron chi connectivity index (χ4n) is 3.60. The summed E-state index contributed by atoms with van der Waals surface area (Å²) in [6, 6.07) is 15.0. The van der Waals surface area contributed by atoms with Gasteiger partial charge in [0.1, 0.15) is 11.5 Å². The number of fused-ring (bicyclic) bond motifs is 4. The van der Waals surface area contributed by atoms with Crippen molar-refractivity contribution in [2.24, 2.45) is 0 Å². The van der Waals surface area contributed by atoms with Crippen LogP contribution in [0.1, 0.15) is 5.56 Å². The first-order valence-electron chi connectivity index (χ1n) is 8.25. The van der Waals surface area contributed by atoms with Crippen molar-refractivity contribution in [2.45, 2.75) is 16.2 Å². The van der Waals surface area contributed by atoms with Gasteiger partial charge in [-0.2, -0.15) is 0 Å². The molecule has 0 amide bonds. The first-order valence-corrected chi connectivity index (χ1v) is 10.5. The second-order valence-electron chi connectivity index (χ2n) is 5.92. The molecule has 3 aromatic rings. The smallest absolute Gasteiger partial charge is 0.128 e. The number of hydrogen-bond acceptors (Lipinski definition) is 4. The number of ether oxygens (including phenoxy) is 2. The molecule has 0 atom stereocenters. The first-order chi connectivity index (χ1) is 12.3. The molecule has 0 aliphatic carbocycles. The summed E-state index contributed by atoms with van der Waals surface area (Å²) in [6.07, 6.45) is 3.21. The molecule has 0 fully saturated rings. The zero-order chi connectivity index (χ0) is 17.4. The highest BCUT2D eigenvalue weighted by Crippen LogP contribution is 2.47. The Balaban J connectivity index is 2.15. The van der Waals surface area contributed by atoms with Crippen LogP contribution < -0.4 is 9.47 Å². The van der Waals surface area contributed by atoms with Crippen molar-refractivity contribution in [1.82, 2.24) is 0 Å². The molecule has 0 saturated heterocycles. The van der Waals surface area contributed by atoms with Crippen LogP contribution in [-0.2, 0) is 6.42 Å². The molecule has 0 aromatic heterocycles. The van der Waals surface area contributed by atoms with E-state index in [1.807, 2.05) is 23.9 Å². The Morgan fingerprint density at radius 3 is 2.48 bits per heavy atom. The summed E-state index contributed by atoms with van der Waals surface area (Å²) >= 11 is 3.74. The summed E-state index contributed by atoms with van der Waals surface area (Å²) in [6.45, 7) is 0. The molecule has 0 radical (unpaired) electrons. The van der Waals surface area contributed by atoms with E-state index in [9.17, 15) is 0 Å². The average Bonchev–Trinajstić information content (AvgIpc) is 2.84. The first kappa shape index (κ1) is 16.7. The maximum Gasteiger partial charge on any atom is 0.128 e. The second kappa shape index (κ2) is 6.85. The summed E-state index contributed by atoms with van der Waals surface area (Å²) in [5.41, 5.74) is 4.06. The van der Waals surface area contributed by atoms with Gasteiger partial charge < -0.3 is 9.47 Å². The van der Waals surface area contributed by atoms with Gasteiger partial charge in [0, 0.05) is 26.3 Å². The van der Waals surface area contributed by atoms with Crippen molar-refractivity contribution >= 4 is 34.3 Å². The van der Waals surface area contributed by atoms with Gasteiger partial charge in [0.25, 0.3) is 0 Å². The third kappa shape index (κ3) is 2.68. The van der Waals surface area contributed by atoms with Gasteiger partial charge in [-0.25, -0.2) is 0 Å². The lowest BCUT2D eigenvalue weighted by Crippen LogP contribution is -1.98. The molecule has 4 rings (SSSR count). The van der Waals surface area contributed by atoms with Crippen LogP contribution >= 0.6 is 23.5 Å². The van der Waals surface area contributed by atoms with Crippen LogP contribution in [-0.4, -0.2) is 26.2 Å². The standard InChI is InChI=1S/C21H20O2S2/c1-22-17-8-9-18(23-2)20-16(17)12-15-13-6-4-5-7-19(13)25-11-10-14(15)21(20)24-3/h4-9,12H,10-11H2,1-3H3. The predicted octanol–water partition coefficient (Wildman–Crippen LogP) is 5.89. The Labute approximate surface area is 156 Å². The zero-order valence-electron chi connectivity index (χ0n) is 14.6. The van der Waals surface area contributed by atoms with Crippen LogP contribution in [0.25, 0.3) is 21.9 Å². The molecule has 3 aromatic carbocycles. The van der Waals surface area contributed by atoms with Gasteiger partial charge in [0.05, 0.1) is 14.2 Å². The van der Waals surface area contributed by atoms with E-state index in [1.165, 1.54) is 26.5 Å². The Morgan fingerprint density at radius 1 is 0.960 bits per heavy atom. The van der Waals surface area contributed by atoms with Gasteiger partial charge in [-0.3, -0.25) is 0 Å². The molecule has 1 heterocycles. The van der Waals surface area contributed by atoms with Crippen molar-refractivity contribution in [3.8, 4) is 22.6 Å². The van der Waals surface area contributed by atoms with Crippen molar-refractivity contribution in [3.63, 3.8) is 0 Å². The third-order valence-electron chi connectivity index (χ3n) is 4.71. The largest absolute Gasteiger partial charge is 0.496 e. The van der Waals surface area contributed by atoms with Crippen LogP contribution in [0.3, 0.4) is 0 Å². The third-order valence-corrected chi connectivity index (χ3v) is 6.65. The van der Waals surface area contributed by atoms with Gasteiger partial charge in [-0.05, 0) is 53.6 Å². The highest BCUT2D eigenvalue weighted by Gasteiger charge is 2.22. The topological polar surface area (TPSA) is 18.5 Å². The SMILES string of the molecule is COc1ccc(OC)c2c(SC)c3c(cc12)-c1ccccc1SCC3. The molecule has 2 nitrogen and oxygen atoms in total. The number of hydrogen-bond donors (Lipinski definition) is 0. The lowest BCUT2D eigenvalue weighted by Gasteiger charge is -2.19. The van der Waals surface area contributed by atoms with Gasteiger partial charge in [-0.1, -0.05) is 18.2 Å². The Morgan fingerprint density at radius 2 is 1.72 bits per heavy atom. The Kier molecular flexibility index (Phi) is 4.57. The molecular formula is C21H20O2S2. The molecule has 0 spiro atoms. The molecule has 0 N–H and O–H groups in total. The molecule has 4 heteroatoms. The van der Waals surface area contributed by atoms with Crippen LogP contribution in [0, 0.1) is 0 Å². The summed E-state index contributed by atoms with van der Waals surface area (Å²) in [5, 5.41) is 2.28.